The van der Waals surface area contributed by atoms with Crippen molar-refractivity contribution >= 4 is 50.7 Å². The van der Waals surface area contributed by atoms with Crippen molar-refractivity contribution in [2.45, 2.75) is 13.0 Å². The van der Waals surface area contributed by atoms with Gasteiger partial charge in [-0.2, -0.15) is 0 Å². The van der Waals surface area contributed by atoms with Crippen LogP contribution in [0.25, 0.3) is 0 Å². The van der Waals surface area contributed by atoms with Crippen molar-refractivity contribution in [2.75, 3.05) is 25.5 Å². The van der Waals surface area contributed by atoms with Crippen molar-refractivity contribution in [3.63, 3.8) is 0 Å². The number of hydrogen-bond donors (Lipinski definition) is 0. The van der Waals surface area contributed by atoms with E-state index in [1.165, 1.54) is 0 Å². The number of benzene rings is 3. The molecule has 30 heavy (non-hydrogen) atoms. The van der Waals surface area contributed by atoms with Crippen LogP contribution in [-0.4, -0.2) is 31.4 Å². The molecule has 6 heteroatoms. The highest BCUT2D eigenvalue weighted by Crippen LogP contribution is 2.23. The first-order valence-corrected chi connectivity index (χ1v) is 11.1. The molecule has 0 saturated heterocycles. The van der Waals surface area contributed by atoms with Gasteiger partial charge < -0.3 is 9.80 Å². The van der Waals surface area contributed by atoms with Gasteiger partial charge in [0.15, 0.2) is 0 Å². The minimum absolute atomic E-state index is 0.0157. The fourth-order valence-corrected chi connectivity index (χ4v) is 4.06. The van der Waals surface area contributed by atoms with E-state index in [0.29, 0.717) is 35.1 Å². The molecule has 0 unspecified atom stereocenters. The molecule has 3 rings (SSSR count). The van der Waals surface area contributed by atoms with Gasteiger partial charge in [0, 0.05) is 53.0 Å². The van der Waals surface area contributed by atoms with Gasteiger partial charge in [-0.25, -0.2) is 0 Å². The Hall–Kier alpha value is -2.01. The van der Waals surface area contributed by atoms with Crippen LogP contribution in [0.2, 0.25) is 10.0 Å². The van der Waals surface area contributed by atoms with Crippen LogP contribution in [0.4, 0.5) is 5.69 Å². The van der Waals surface area contributed by atoms with Gasteiger partial charge in [-0.05, 0) is 60.0 Å². The molecule has 3 aromatic carbocycles. The molecule has 0 saturated carbocycles. The molecule has 0 heterocycles. The zero-order valence-corrected chi connectivity index (χ0v) is 20.0. The Kier molecular flexibility index (Phi) is 7.81. The van der Waals surface area contributed by atoms with Crippen LogP contribution in [0, 0.1) is 0 Å². The zero-order chi connectivity index (χ0) is 21.7. The lowest BCUT2D eigenvalue weighted by Crippen LogP contribution is -2.32. The average molecular weight is 506 g/mol. The molecular formula is C24H23BrCl2N2O. The Labute approximate surface area is 196 Å². The first-order valence-electron chi connectivity index (χ1n) is 9.58. The molecule has 0 atom stereocenters. The summed E-state index contributed by atoms with van der Waals surface area (Å²) >= 11 is 15.8. The Morgan fingerprint density at radius 3 is 2.33 bits per heavy atom. The molecule has 0 spiro atoms. The molecule has 3 aromatic rings. The number of rotatable bonds is 7. The summed E-state index contributed by atoms with van der Waals surface area (Å²) in [5.41, 5.74) is 3.82. The minimum Gasteiger partial charge on any atom is -0.378 e. The van der Waals surface area contributed by atoms with Crippen molar-refractivity contribution in [3.8, 4) is 0 Å². The maximum Gasteiger partial charge on any atom is 0.254 e. The van der Waals surface area contributed by atoms with Gasteiger partial charge in [0.25, 0.3) is 5.91 Å². The molecule has 3 nitrogen and oxygen atoms in total. The summed E-state index contributed by atoms with van der Waals surface area (Å²) in [4.78, 5) is 17.2. The highest BCUT2D eigenvalue weighted by atomic mass is 79.9. The molecule has 0 fully saturated rings. The molecule has 1 amide bonds. The average Bonchev–Trinajstić information content (AvgIpc) is 2.72. The fourth-order valence-electron chi connectivity index (χ4n) is 3.16. The molecule has 0 aliphatic rings. The van der Waals surface area contributed by atoms with Gasteiger partial charge in [0.2, 0.25) is 0 Å². The van der Waals surface area contributed by atoms with E-state index in [1.54, 1.807) is 6.07 Å². The van der Waals surface area contributed by atoms with Crippen molar-refractivity contribution in [1.82, 2.24) is 4.90 Å². The Morgan fingerprint density at radius 2 is 1.70 bits per heavy atom. The van der Waals surface area contributed by atoms with E-state index in [1.807, 2.05) is 55.4 Å². The highest BCUT2D eigenvalue weighted by Gasteiger charge is 2.17. The van der Waals surface area contributed by atoms with Crippen LogP contribution in [-0.2, 0) is 13.0 Å². The van der Waals surface area contributed by atoms with E-state index in [-0.39, 0.29) is 5.91 Å². The summed E-state index contributed by atoms with van der Waals surface area (Å²) in [6.45, 7) is 1.06. The molecule has 0 bridgehead atoms. The van der Waals surface area contributed by atoms with Crippen LogP contribution in [0.5, 0.6) is 0 Å². The molecule has 0 N–H and O–H groups in total. The standard InChI is InChI=1S/C24H23BrCl2N2O/c1-28(2)22-10-6-17(7-11-22)16-29(24(30)19-4-3-5-20(25)14-19)13-12-18-8-9-21(26)15-23(18)27/h3-11,14-15H,12-13,16H2,1-2H3. The SMILES string of the molecule is CN(C)c1ccc(CN(CCc2ccc(Cl)cc2Cl)C(=O)c2cccc(Br)c2)cc1. The predicted octanol–water partition coefficient (Wildman–Crippen LogP) is 6.71. The Morgan fingerprint density at radius 1 is 0.967 bits per heavy atom. The van der Waals surface area contributed by atoms with E-state index >= 15 is 0 Å². The second-order valence-corrected chi connectivity index (χ2v) is 9.04. The fraction of sp³-hybridized carbons (Fsp3) is 0.208. The lowest BCUT2D eigenvalue weighted by atomic mass is 10.1. The highest BCUT2D eigenvalue weighted by molar-refractivity contribution is 9.10. The predicted molar refractivity (Wildman–Crippen MR) is 130 cm³/mol. The van der Waals surface area contributed by atoms with Crippen molar-refractivity contribution < 1.29 is 4.79 Å². The van der Waals surface area contributed by atoms with E-state index < -0.39 is 0 Å². The quantitative estimate of drug-likeness (QED) is 0.356. The number of carbonyl (C=O) groups excluding carboxylic acids is 1. The van der Waals surface area contributed by atoms with Crippen LogP contribution in [0.3, 0.4) is 0 Å². The maximum absolute atomic E-state index is 13.3. The number of amides is 1. The van der Waals surface area contributed by atoms with Crippen LogP contribution < -0.4 is 4.90 Å². The first kappa shape index (κ1) is 22.7. The van der Waals surface area contributed by atoms with Gasteiger partial charge in [-0.1, -0.05) is 63.4 Å². The number of carbonyl (C=O) groups is 1. The first-order chi connectivity index (χ1) is 14.3. The van der Waals surface area contributed by atoms with E-state index in [0.717, 1.165) is 21.3 Å². The van der Waals surface area contributed by atoms with E-state index in [2.05, 4.69) is 45.1 Å². The normalized spacial score (nSPS) is 10.7. The summed E-state index contributed by atoms with van der Waals surface area (Å²) < 4.78 is 0.879. The van der Waals surface area contributed by atoms with Gasteiger partial charge in [-0.3, -0.25) is 4.79 Å². The molecule has 0 aliphatic heterocycles. The summed E-state index contributed by atoms with van der Waals surface area (Å²) in [7, 11) is 4.02. The number of nitrogens with zero attached hydrogens (tertiary/aromatic N) is 2. The van der Waals surface area contributed by atoms with Crippen LogP contribution in [0.15, 0.2) is 71.2 Å². The monoisotopic (exact) mass is 504 g/mol. The van der Waals surface area contributed by atoms with Gasteiger partial charge >= 0.3 is 0 Å². The molecule has 156 valence electrons. The van der Waals surface area contributed by atoms with Crippen molar-refractivity contribution in [3.05, 3.63) is 97.9 Å². The second kappa shape index (κ2) is 10.3. The maximum atomic E-state index is 13.3. The zero-order valence-electron chi connectivity index (χ0n) is 16.9. The Bertz CT molecular complexity index is 1020. The number of halogens is 3. The summed E-state index contributed by atoms with van der Waals surface area (Å²) in [5.74, 6) is -0.0157. The number of anilines is 1. The van der Waals surface area contributed by atoms with Crippen molar-refractivity contribution in [2.24, 2.45) is 0 Å². The lowest BCUT2D eigenvalue weighted by Gasteiger charge is -2.24. The summed E-state index contributed by atoms with van der Waals surface area (Å²) in [6.07, 6.45) is 0.644. The molecule has 0 radical (unpaired) electrons. The smallest absolute Gasteiger partial charge is 0.254 e. The Balaban J connectivity index is 1.82. The van der Waals surface area contributed by atoms with Crippen LogP contribution >= 0.6 is 39.1 Å². The summed E-state index contributed by atoms with van der Waals surface area (Å²) in [5, 5.41) is 1.22. The minimum atomic E-state index is -0.0157. The third kappa shape index (κ3) is 6.00. The largest absolute Gasteiger partial charge is 0.378 e. The number of hydrogen-bond acceptors (Lipinski definition) is 2. The summed E-state index contributed by atoms with van der Waals surface area (Å²) in [6, 6.07) is 21.2. The van der Waals surface area contributed by atoms with E-state index in [9.17, 15) is 4.79 Å². The van der Waals surface area contributed by atoms with Crippen molar-refractivity contribution in [1.29, 1.82) is 0 Å². The van der Waals surface area contributed by atoms with E-state index in [4.69, 9.17) is 23.2 Å². The second-order valence-electron chi connectivity index (χ2n) is 7.28. The lowest BCUT2D eigenvalue weighted by molar-refractivity contribution is 0.0745. The van der Waals surface area contributed by atoms with Gasteiger partial charge in [-0.15, -0.1) is 0 Å². The molecular weight excluding hydrogens is 483 g/mol. The third-order valence-electron chi connectivity index (χ3n) is 4.85. The molecule has 0 aliphatic carbocycles. The molecule has 0 aromatic heterocycles. The van der Waals surface area contributed by atoms with Crippen LogP contribution in [0.1, 0.15) is 21.5 Å². The topological polar surface area (TPSA) is 23.6 Å². The third-order valence-corrected chi connectivity index (χ3v) is 5.93. The van der Waals surface area contributed by atoms with Gasteiger partial charge in [0.05, 0.1) is 0 Å². The van der Waals surface area contributed by atoms with Gasteiger partial charge in [0.1, 0.15) is 0 Å².